The van der Waals surface area contributed by atoms with Crippen molar-refractivity contribution in [3.8, 4) is 23.0 Å². The van der Waals surface area contributed by atoms with Crippen LogP contribution in [0.4, 0.5) is 5.69 Å². The molecule has 0 unspecified atom stereocenters. The average Bonchev–Trinajstić information content (AvgIpc) is 2.81. The summed E-state index contributed by atoms with van der Waals surface area (Å²) in [5, 5.41) is 6.48. The highest BCUT2D eigenvalue weighted by molar-refractivity contribution is 14.0. The highest BCUT2D eigenvalue weighted by Crippen LogP contribution is 2.39. The minimum Gasteiger partial charge on any atom is -0.497 e. The maximum atomic E-state index is 12.0. The molecule has 2 rings (SSSR count). The first-order chi connectivity index (χ1) is 15.4. The number of ether oxygens (including phenoxy) is 4. The first kappa shape index (κ1) is 28.1. The normalized spacial score (nSPS) is 10.5. The van der Waals surface area contributed by atoms with Gasteiger partial charge in [-0.3, -0.25) is 4.79 Å². The Balaban J connectivity index is 0.00000544. The van der Waals surface area contributed by atoms with Gasteiger partial charge in [0.1, 0.15) is 12.3 Å². The number of anilines is 1. The van der Waals surface area contributed by atoms with E-state index in [1.165, 1.54) is 4.90 Å². The van der Waals surface area contributed by atoms with E-state index in [4.69, 9.17) is 18.9 Å². The number of methoxy groups -OCH3 is 4. The molecule has 9 nitrogen and oxygen atoms in total. The number of hydrogen-bond donors (Lipinski definition) is 2. The van der Waals surface area contributed by atoms with Crippen LogP contribution in [0.15, 0.2) is 41.4 Å². The summed E-state index contributed by atoms with van der Waals surface area (Å²) in [6.07, 6.45) is 0.765. The Hall–Kier alpha value is -2.89. The van der Waals surface area contributed by atoms with Gasteiger partial charge in [-0.25, -0.2) is 4.99 Å². The van der Waals surface area contributed by atoms with Gasteiger partial charge in [-0.05, 0) is 24.1 Å². The number of amides is 1. The molecule has 0 aliphatic rings. The number of halogens is 1. The van der Waals surface area contributed by atoms with E-state index < -0.39 is 0 Å². The van der Waals surface area contributed by atoms with E-state index in [1.807, 2.05) is 24.3 Å². The van der Waals surface area contributed by atoms with Gasteiger partial charge in [0.05, 0.1) is 28.4 Å². The van der Waals surface area contributed by atoms with Crippen molar-refractivity contribution in [3.05, 3.63) is 42.0 Å². The molecule has 0 spiro atoms. The summed E-state index contributed by atoms with van der Waals surface area (Å²) < 4.78 is 21.4. The Kier molecular flexibility index (Phi) is 12.2. The SMILES string of the molecule is COc1ccc(CCNC(=NCC(=O)N(C)C)Nc2cc(OC)c(OC)c(OC)c2)cc1.I. The molecule has 0 aliphatic carbocycles. The van der Waals surface area contributed by atoms with E-state index in [1.54, 1.807) is 54.7 Å². The van der Waals surface area contributed by atoms with Crippen molar-refractivity contribution >= 4 is 41.5 Å². The van der Waals surface area contributed by atoms with Crippen LogP contribution in [-0.2, 0) is 11.2 Å². The van der Waals surface area contributed by atoms with Crippen molar-refractivity contribution in [1.82, 2.24) is 10.2 Å². The number of rotatable bonds is 10. The molecule has 0 saturated heterocycles. The summed E-state index contributed by atoms with van der Waals surface area (Å²) in [5.74, 6) is 2.69. The van der Waals surface area contributed by atoms with Crippen molar-refractivity contribution in [3.63, 3.8) is 0 Å². The first-order valence-corrected chi connectivity index (χ1v) is 10.1. The van der Waals surface area contributed by atoms with Gasteiger partial charge in [-0.2, -0.15) is 0 Å². The topological polar surface area (TPSA) is 93.7 Å². The number of guanidine groups is 1. The molecule has 10 heteroatoms. The lowest BCUT2D eigenvalue weighted by Crippen LogP contribution is -2.34. The molecule has 0 aliphatic heterocycles. The number of nitrogens with one attached hydrogen (secondary N) is 2. The van der Waals surface area contributed by atoms with Crippen molar-refractivity contribution in [2.45, 2.75) is 6.42 Å². The van der Waals surface area contributed by atoms with Crippen molar-refractivity contribution in [1.29, 1.82) is 0 Å². The predicted molar refractivity (Wildman–Crippen MR) is 141 cm³/mol. The number of aliphatic imine (C=N–C) groups is 1. The molecule has 182 valence electrons. The molecule has 0 radical (unpaired) electrons. The number of carbonyl (C=O) groups is 1. The van der Waals surface area contributed by atoms with Crippen LogP contribution < -0.4 is 29.6 Å². The highest BCUT2D eigenvalue weighted by Gasteiger charge is 2.14. The molecule has 33 heavy (non-hydrogen) atoms. The first-order valence-electron chi connectivity index (χ1n) is 10.1. The van der Waals surface area contributed by atoms with E-state index in [9.17, 15) is 4.79 Å². The van der Waals surface area contributed by atoms with Crippen LogP contribution in [0, 0.1) is 0 Å². The van der Waals surface area contributed by atoms with Crippen LogP contribution in [-0.4, -0.2) is 72.4 Å². The fourth-order valence-corrected chi connectivity index (χ4v) is 2.84. The Morgan fingerprint density at radius 3 is 2.03 bits per heavy atom. The Morgan fingerprint density at radius 1 is 0.939 bits per heavy atom. The van der Waals surface area contributed by atoms with Crippen LogP contribution in [0.2, 0.25) is 0 Å². The third-order valence-electron chi connectivity index (χ3n) is 4.66. The van der Waals surface area contributed by atoms with E-state index in [2.05, 4.69) is 15.6 Å². The molecule has 0 saturated carbocycles. The minimum atomic E-state index is -0.105. The van der Waals surface area contributed by atoms with E-state index in [-0.39, 0.29) is 36.4 Å². The summed E-state index contributed by atoms with van der Waals surface area (Å²) in [6, 6.07) is 11.4. The van der Waals surface area contributed by atoms with Gasteiger partial charge in [0, 0.05) is 38.5 Å². The molecule has 0 heterocycles. The van der Waals surface area contributed by atoms with Gasteiger partial charge in [-0.1, -0.05) is 12.1 Å². The maximum absolute atomic E-state index is 12.0. The lowest BCUT2D eigenvalue weighted by atomic mass is 10.1. The fourth-order valence-electron chi connectivity index (χ4n) is 2.84. The molecule has 2 aromatic rings. The summed E-state index contributed by atoms with van der Waals surface area (Å²) in [7, 11) is 9.69. The van der Waals surface area contributed by atoms with E-state index >= 15 is 0 Å². The van der Waals surface area contributed by atoms with Gasteiger partial charge in [-0.15, -0.1) is 24.0 Å². The largest absolute Gasteiger partial charge is 0.497 e. The molecule has 0 aromatic heterocycles. The standard InChI is InChI=1S/C23H32N4O5.HI/c1-27(2)21(28)15-25-23(24-12-11-16-7-9-18(29-3)10-8-16)26-17-13-19(30-4)22(32-6)20(14-17)31-5;/h7-10,13-14H,11-12,15H2,1-6H3,(H2,24,25,26);1H. The zero-order chi connectivity index (χ0) is 23.5. The monoisotopic (exact) mass is 572 g/mol. The minimum absolute atomic E-state index is 0. The summed E-state index contributed by atoms with van der Waals surface area (Å²) in [5.41, 5.74) is 1.82. The zero-order valence-electron chi connectivity index (χ0n) is 19.9. The Labute approximate surface area is 212 Å². The van der Waals surface area contributed by atoms with E-state index in [0.717, 1.165) is 17.7 Å². The zero-order valence-corrected chi connectivity index (χ0v) is 22.3. The second-order valence-electron chi connectivity index (χ2n) is 7.02. The van der Waals surface area contributed by atoms with Crippen LogP contribution in [0.25, 0.3) is 0 Å². The lowest BCUT2D eigenvalue weighted by Gasteiger charge is -2.17. The highest BCUT2D eigenvalue weighted by atomic mass is 127. The molecule has 0 bridgehead atoms. The Morgan fingerprint density at radius 2 is 1.55 bits per heavy atom. The van der Waals surface area contributed by atoms with Gasteiger partial charge >= 0.3 is 0 Å². The number of nitrogens with zero attached hydrogens (tertiary/aromatic N) is 2. The molecule has 0 atom stereocenters. The Bertz CT molecular complexity index is 895. The van der Waals surface area contributed by atoms with Crippen molar-refractivity contribution < 1.29 is 23.7 Å². The average molecular weight is 572 g/mol. The van der Waals surface area contributed by atoms with Crippen molar-refractivity contribution in [2.24, 2.45) is 4.99 Å². The smallest absolute Gasteiger partial charge is 0.243 e. The predicted octanol–water partition coefficient (Wildman–Crippen LogP) is 3.03. The summed E-state index contributed by atoms with van der Waals surface area (Å²) in [6.45, 7) is 0.619. The summed E-state index contributed by atoms with van der Waals surface area (Å²) >= 11 is 0. The van der Waals surface area contributed by atoms with Crippen LogP contribution in [0.3, 0.4) is 0 Å². The third kappa shape index (κ3) is 8.52. The molecular formula is C23H33IN4O5. The van der Waals surface area contributed by atoms with Crippen molar-refractivity contribution in [2.75, 3.05) is 60.9 Å². The number of hydrogen-bond acceptors (Lipinski definition) is 6. The van der Waals surface area contributed by atoms with Crippen LogP contribution in [0.1, 0.15) is 5.56 Å². The maximum Gasteiger partial charge on any atom is 0.243 e. The second kappa shape index (κ2) is 14.3. The second-order valence-corrected chi connectivity index (χ2v) is 7.02. The lowest BCUT2D eigenvalue weighted by molar-refractivity contribution is -0.127. The molecule has 2 N–H and O–H groups in total. The van der Waals surface area contributed by atoms with Gasteiger partial charge < -0.3 is 34.5 Å². The molecule has 2 aromatic carbocycles. The quantitative estimate of drug-likeness (QED) is 0.257. The van der Waals surface area contributed by atoms with Gasteiger partial charge in [0.2, 0.25) is 11.7 Å². The number of carbonyl (C=O) groups excluding carboxylic acids is 1. The number of benzene rings is 2. The van der Waals surface area contributed by atoms with Crippen LogP contribution >= 0.6 is 24.0 Å². The van der Waals surface area contributed by atoms with E-state index in [0.29, 0.717) is 35.4 Å². The number of likely N-dealkylation sites (N-methyl/N-ethyl adjacent to an activating group) is 1. The van der Waals surface area contributed by atoms with Gasteiger partial charge in [0.25, 0.3) is 0 Å². The fraction of sp³-hybridized carbons (Fsp3) is 0.391. The molecule has 0 fully saturated rings. The molecule has 1 amide bonds. The molecular weight excluding hydrogens is 539 g/mol. The summed E-state index contributed by atoms with van der Waals surface area (Å²) in [4.78, 5) is 18.0. The van der Waals surface area contributed by atoms with Crippen LogP contribution in [0.5, 0.6) is 23.0 Å². The van der Waals surface area contributed by atoms with Gasteiger partial charge in [0.15, 0.2) is 17.5 Å². The third-order valence-corrected chi connectivity index (χ3v) is 4.66.